The van der Waals surface area contributed by atoms with Gasteiger partial charge in [0.05, 0.1) is 13.7 Å². The summed E-state index contributed by atoms with van der Waals surface area (Å²) in [7, 11) is 1.35. The Labute approximate surface area is 108 Å². The molecule has 1 saturated carbocycles. The second-order valence-electron chi connectivity index (χ2n) is 4.92. The van der Waals surface area contributed by atoms with Crippen molar-refractivity contribution in [2.45, 2.75) is 45.2 Å². The highest BCUT2D eigenvalue weighted by molar-refractivity contribution is 5.86. The largest absolute Gasteiger partial charge is 0.463 e. The van der Waals surface area contributed by atoms with E-state index < -0.39 is 5.97 Å². The molecule has 1 aromatic rings. The van der Waals surface area contributed by atoms with Gasteiger partial charge in [0.1, 0.15) is 5.76 Å². The molecule has 1 aliphatic rings. The van der Waals surface area contributed by atoms with Crippen LogP contribution < -0.4 is 5.32 Å². The van der Waals surface area contributed by atoms with Gasteiger partial charge < -0.3 is 14.5 Å². The summed E-state index contributed by atoms with van der Waals surface area (Å²) >= 11 is 0. The molecule has 100 valence electrons. The molecule has 0 aliphatic heterocycles. The molecule has 1 N–H and O–H groups in total. The van der Waals surface area contributed by atoms with E-state index in [1.54, 1.807) is 6.07 Å². The van der Waals surface area contributed by atoms with Crippen molar-refractivity contribution in [3.8, 4) is 0 Å². The minimum absolute atomic E-state index is 0.268. The van der Waals surface area contributed by atoms with Crippen molar-refractivity contribution in [1.29, 1.82) is 0 Å². The van der Waals surface area contributed by atoms with E-state index in [4.69, 9.17) is 4.42 Å². The van der Waals surface area contributed by atoms with Crippen molar-refractivity contribution in [1.82, 2.24) is 5.32 Å². The van der Waals surface area contributed by atoms with Gasteiger partial charge in [-0.25, -0.2) is 4.79 Å². The summed E-state index contributed by atoms with van der Waals surface area (Å²) in [5, 5.41) is 3.48. The Hall–Kier alpha value is -1.29. The SMILES string of the molecule is CCC(CC1CC1)NCc1ccc(C(=O)OC)o1. The molecule has 0 bridgehead atoms. The third kappa shape index (κ3) is 3.60. The van der Waals surface area contributed by atoms with E-state index in [9.17, 15) is 4.79 Å². The second-order valence-corrected chi connectivity index (χ2v) is 4.92. The van der Waals surface area contributed by atoms with Crippen LogP contribution in [0.1, 0.15) is 48.9 Å². The molecule has 1 unspecified atom stereocenters. The van der Waals surface area contributed by atoms with Crippen LogP contribution in [0.4, 0.5) is 0 Å². The topological polar surface area (TPSA) is 51.5 Å². The van der Waals surface area contributed by atoms with E-state index in [0.717, 1.165) is 18.1 Å². The van der Waals surface area contributed by atoms with Crippen LogP contribution in [0.5, 0.6) is 0 Å². The molecular weight excluding hydrogens is 230 g/mol. The van der Waals surface area contributed by atoms with Gasteiger partial charge in [-0.1, -0.05) is 19.8 Å². The highest BCUT2D eigenvalue weighted by Gasteiger charge is 2.24. The number of carbonyl (C=O) groups is 1. The van der Waals surface area contributed by atoms with Crippen molar-refractivity contribution in [2.75, 3.05) is 7.11 Å². The first-order valence-corrected chi connectivity index (χ1v) is 6.63. The average Bonchev–Trinajstić information content (AvgIpc) is 3.09. The monoisotopic (exact) mass is 251 g/mol. The Bertz CT molecular complexity index is 395. The third-order valence-electron chi connectivity index (χ3n) is 3.42. The standard InChI is InChI=1S/C14H21NO3/c1-3-11(8-10-4-5-10)15-9-12-6-7-13(18-12)14(16)17-2/h6-7,10-11,15H,3-5,8-9H2,1-2H3. The van der Waals surface area contributed by atoms with Crippen LogP contribution in [0.3, 0.4) is 0 Å². The van der Waals surface area contributed by atoms with Crippen molar-refractivity contribution < 1.29 is 13.9 Å². The number of esters is 1. The molecule has 1 aromatic heterocycles. The third-order valence-corrected chi connectivity index (χ3v) is 3.42. The molecule has 1 aliphatic carbocycles. The first kappa shape index (κ1) is 13.1. The molecule has 1 fully saturated rings. The number of hydrogen-bond donors (Lipinski definition) is 1. The van der Waals surface area contributed by atoms with Crippen molar-refractivity contribution >= 4 is 5.97 Å². The number of ether oxygens (including phenoxy) is 1. The fraction of sp³-hybridized carbons (Fsp3) is 0.643. The van der Waals surface area contributed by atoms with Gasteiger partial charge in [0.25, 0.3) is 0 Å². The van der Waals surface area contributed by atoms with Crippen LogP contribution >= 0.6 is 0 Å². The Morgan fingerprint density at radius 1 is 1.56 bits per heavy atom. The Balaban J connectivity index is 1.80. The smallest absolute Gasteiger partial charge is 0.373 e. The fourth-order valence-corrected chi connectivity index (χ4v) is 2.08. The highest BCUT2D eigenvalue weighted by atomic mass is 16.5. The zero-order valence-electron chi connectivity index (χ0n) is 11.1. The van der Waals surface area contributed by atoms with E-state index in [2.05, 4.69) is 17.0 Å². The number of carbonyl (C=O) groups excluding carboxylic acids is 1. The summed E-state index contributed by atoms with van der Waals surface area (Å²) in [6.45, 7) is 2.87. The van der Waals surface area contributed by atoms with Crippen LogP contribution in [-0.4, -0.2) is 19.1 Å². The Morgan fingerprint density at radius 3 is 2.94 bits per heavy atom. The summed E-state index contributed by atoms with van der Waals surface area (Å²) in [5.41, 5.74) is 0. The lowest BCUT2D eigenvalue weighted by atomic mass is 10.1. The molecule has 4 nitrogen and oxygen atoms in total. The van der Waals surface area contributed by atoms with Crippen LogP contribution in [0, 0.1) is 5.92 Å². The molecule has 0 saturated heterocycles. The number of furan rings is 1. The summed E-state index contributed by atoms with van der Waals surface area (Å²) in [4.78, 5) is 11.2. The van der Waals surface area contributed by atoms with Crippen molar-refractivity contribution in [3.05, 3.63) is 23.7 Å². The lowest BCUT2D eigenvalue weighted by Gasteiger charge is -2.15. The molecule has 0 spiro atoms. The fourth-order valence-electron chi connectivity index (χ4n) is 2.08. The number of nitrogens with one attached hydrogen (secondary N) is 1. The zero-order valence-corrected chi connectivity index (χ0v) is 11.1. The Morgan fingerprint density at radius 2 is 2.33 bits per heavy atom. The first-order valence-electron chi connectivity index (χ1n) is 6.63. The minimum Gasteiger partial charge on any atom is -0.463 e. The van der Waals surface area contributed by atoms with Crippen LogP contribution in [0.15, 0.2) is 16.5 Å². The summed E-state index contributed by atoms with van der Waals surface area (Å²) < 4.78 is 10.0. The maximum Gasteiger partial charge on any atom is 0.373 e. The van der Waals surface area contributed by atoms with Crippen LogP contribution in [0.25, 0.3) is 0 Å². The second kappa shape index (κ2) is 6.05. The molecule has 0 radical (unpaired) electrons. The van der Waals surface area contributed by atoms with Gasteiger partial charge in [-0.2, -0.15) is 0 Å². The normalized spacial score (nSPS) is 16.6. The molecular formula is C14H21NO3. The van der Waals surface area contributed by atoms with Gasteiger partial charge in [-0.15, -0.1) is 0 Å². The predicted molar refractivity (Wildman–Crippen MR) is 68.3 cm³/mol. The van der Waals surface area contributed by atoms with Gasteiger partial charge in [0.15, 0.2) is 0 Å². The van der Waals surface area contributed by atoms with Crippen LogP contribution in [0.2, 0.25) is 0 Å². The number of hydrogen-bond acceptors (Lipinski definition) is 4. The van der Waals surface area contributed by atoms with E-state index >= 15 is 0 Å². The van der Waals surface area contributed by atoms with Crippen LogP contribution in [-0.2, 0) is 11.3 Å². The summed E-state index contributed by atoms with van der Waals surface area (Å²) in [6.07, 6.45) is 5.14. The maximum atomic E-state index is 11.2. The lowest BCUT2D eigenvalue weighted by molar-refractivity contribution is 0.0563. The van der Waals surface area contributed by atoms with Gasteiger partial charge in [-0.05, 0) is 30.9 Å². The van der Waals surface area contributed by atoms with E-state index in [0.29, 0.717) is 12.6 Å². The average molecular weight is 251 g/mol. The molecule has 4 heteroatoms. The van der Waals surface area contributed by atoms with E-state index in [-0.39, 0.29) is 5.76 Å². The molecule has 0 aromatic carbocycles. The van der Waals surface area contributed by atoms with Gasteiger partial charge >= 0.3 is 5.97 Å². The molecule has 2 rings (SSSR count). The molecule has 0 amide bonds. The molecule has 18 heavy (non-hydrogen) atoms. The predicted octanol–water partition coefficient (Wildman–Crippen LogP) is 2.73. The van der Waals surface area contributed by atoms with Crippen molar-refractivity contribution in [3.63, 3.8) is 0 Å². The van der Waals surface area contributed by atoms with E-state index in [1.165, 1.54) is 26.4 Å². The van der Waals surface area contributed by atoms with Gasteiger partial charge in [0.2, 0.25) is 5.76 Å². The maximum absolute atomic E-state index is 11.2. The first-order chi connectivity index (χ1) is 8.72. The quantitative estimate of drug-likeness (QED) is 0.757. The van der Waals surface area contributed by atoms with Gasteiger partial charge in [-0.3, -0.25) is 0 Å². The van der Waals surface area contributed by atoms with E-state index in [1.807, 2.05) is 6.07 Å². The van der Waals surface area contributed by atoms with Gasteiger partial charge in [0, 0.05) is 6.04 Å². The highest BCUT2D eigenvalue weighted by Crippen LogP contribution is 2.34. The molecule has 1 atom stereocenters. The minimum atomic E-state index is -0.425. The Kier molecular flexibility index (Phi) is 4.42. The lowest BCUT2D eigenvalue weighted by Crippen LogP contribution is -2.28. The number of methoxy groups -OCH3 is 1. The van der Waals surface area contributed by atoms with Crippen molar-refractivity contribution in [2.24, 2.45) is 5.92 Å². The number of rotatable bonds is 7. The summed E-state index contributed by atoms with van der Waals surface area (Å²) in [6, 6.07) is 4.03. The zero-order chi connectivity index (χ0) is 13.0. The summed E-state index contributed by atoms with van der Waals surface area (Å²) in [5.74, 6) is 1.55. The molecule has 1 heterocycles.